The zero-order chi connectivity index (χ0) is 25.6. The second-order valence-electron chi connectivity index (χ2n) is 8.27. The summed E-state index contributed by atoms with van der Waals surface area (Å²) in [7, 11) is 5.84. The molecule has 2 N–H and O–H groups in total. The van der Waals surface area contributed by atoms with E-state index in [0.717, 1.165) is 59.5 Å². The summed E-state index contributed by atoms with van der Waals surface area (Å²) >= 11 is 5.00. The van der Waals surface area contributed by atoms with Gasteiger partial charge in [-0.2, -0.15) is 0 Å². The van der Waals surface area contributed by atoms with E-state index in [2.05, 4.69) is 16.0 Å². The average molecular weight is 498 g/mol. The first-order valence-corrected chi connectivity index (χ1v) is 12.2. The number of rotatable bonds is 8. The van der Waals surface area contributed by atoms with E-state index in [1.165, 1.54) is 5.39 Å². The van der Waals surface area contributed by atoms with E-state index in [9.17, 15) is 9.90 Å². The molecule has 0 atom stereocenters. The Labute approximate surface area is 213 Å². The molecule has 1 aromatic heterocycles. The first-order chi connectivity index (χ1) is 16.9. The number of benzene rings is 3. The fourth-order valence-corrected chi connectivity index (χ4v) is 3.38. The van der Waals surface area contributed by atoms with Crippen LogP contribution in [-0.2, 0) is 11.2 Å². The van der Waals surface area contributed by atoms with Gasteiger partial charge in [0, 0.05) is 48.5 Å². The summed E-state index contributed by atoms with van der Waals surface area (Å²) < 4.78 is 5.64. The molecule has 0 radical (unpaired) electrons. The largest absolute Gasteiger partial charge is 0.507 e. The molecule has 6 nitrogen and oxygen atoms in total. The normalized spacial score (nSPS) is 10.3. The van der Waals surface area contributed by atoms with E-state index in [0.29, 0.717) is 12.3 Å². The van der Waals surface area contributed by atoms with Crippen LogP contribution in [-0.4, -0.2) is 73.0 Å². The van der Waals surface area contributed by atoms with Crippen LogP contribution in [0, 0.1) is 0 Å². The zero-order valence-electron chi connectivity index (χ0n) is 21.0. The number of nitrogens with zero attached hydrogens (tertiary/aromatic N) is 2. The van der Waals surface area contributed by atoms with Gasteiger partial charge >= 0.3 is 0 Å². The molecule has 0 aliphatic carbocycles. The summed E-state index contributed by atoms with van der Waals surface area (Å²) in [5, 5.41) is 12.9. The van der Waals surface area contributed by atoms with Crippen LogP contribution in [0.1, 0.15) is 12.5 Å². The summed E-state index contributed by atoms with van der Waals surface area (Å²) in [6.07, 6.45) is 3.55. The summed E-state index contributed by atoms with van der Waals surface area (Å²) in [5.41, 5.74) is 2.29. The molecular weight excluding hydrogens is 462 g/mol. The van der Waals surface area contributed by atoms with Gasteiger partial charge in [-0.15, -0.1) is 11.6 Å². The number of phenols is 1. The Morgan fingerprint density at radius 1 is 1.00 bits per heavy atom. The van der Waals surface area contributed by atoms with Gasteiger partial charge in [0.15, 0.2) is 0 Å². The van der Waals surface area contributed by atoms with Crippen LogP contribution in [0.2, 0.25) is 0 Å². The van der Waals surface area contributed by atoms with Crippen molar-refractivity contribution in [2.75, 3.05) is 46.7 Å². The smallest absolute Gasteiger partial charge is 0.209 e. The molecule has 0 aliphatic rings. The summed E-state index contributed by atoms with van der Waals surface area (Å²) in [6, 6.07) is 19.5. The predicted molar refractivity (Wildman–Crippen MR) is 147 cm³/mol. The number of aromatic amines is 1. The van der Waals surface area contributed by atoms with Gasteiger partial charge in [-0.05, 0) is 61.8 Å². The molecule has 35 heavy (non-hydrogen) atoms. The van der Waals surface area contributed by atoms with Crippen LogP contribution in [0.15, 0.2) is 66.9 Å². The number of fused-ring (bicyclic) bond motifs is 2. The van der Waals surface area contributed by atoms with Gasteiger partial charge in [0.25, 0.3) is 0 Å². The Morgan fingerprint density at radius 3 is 2.40 bits per heavy atom. The topological polar surface area (TPSA) is 68.8 Å². The molecule has 1 amide bonds. The Bertz CT molecular complexity index is 1180. The molecule has 188 valence electrons. The molecule has 0 spiro atoms. The highest BCUT2D eigenvalue weighted by Gasteiger charge is 2.05. The van der Waals surface area contributed by atoms with E-state index in [-0.39, 0.29) is 0 Å². The molecule has 0 unspecified atom stereocenters. The Balaban J connectivity index is 0.000000223. The maximum Gasteiger partial charge on any atom is 0.209 e. The summed E-state index contributed by atoms with van der Waals surface area (Å²) in [4.78, 5) is 17.4. The number of aromatic hydroxyl groups is 1. The lowest BCUT2D eigenvalue weighted by Crippen LogP contribution is -2.19. The van der Waals surface area contributed by atoms with Gasteiger partial charge < -0.3 is 24.6 Å². The van der Waals surface area contributed by atoms with Crippen molar-refractivity contribution < 1.29 is 14.6 Å². The van der Waals surface area contributed by atoms with E-state index in [1.807, 2.05) is 75.7 Å². The lowest BCUT2D eigenvalue weighted by Gasteiger charge is -2.12. The number of H-pyrrole nitrogens is 1. The van der Waals surface area contributed by atoms with Crippen LogP contribution in [0.25, 0.3) is 21.7 Å². The molecule has 7 heteroatoms. The highest BCUT2D eigenvalue weighted by Crippen LogP contribution is 2.27. The van der Waals surface area contributed by atoms with Gasteiger partial charge in [-0.3, -0.25) is 4.79 Å². The standard InChI is InChI=1S/C14H15NO2.C12H16N2O.C2H5Cl/c1-15(10-16)9-8-11-6-7-14(17)13-5-3-2-4-12(11)13;1-14(2)7-8-15-11-3-4-12-10(9-11)5-6-13-12;1-2-3/h2-7,10,17H,8-9H2,1H3;3-6,9,13H,7-8H2,1-2H3;2H2,1H3. The summed E-state index contributed by atoms with van der Waals surface area (Å²) in [6.45, 7) is 4.23. The first kappa shape index (κ1) is 28.0. The number of hydrogen-bond acceptors (Lipinski definition) is 4. The predicted octanol–water partition coefficient (Wildman–Crippen LogP) is 5.53. The molecule has 4 rings (SSSR count). The molecule has 0 saturated carbocycles. The number of nitrogens with one attached hydrogen (secondary N) is 1. The molecule has 0 saturated heterocycles. The quantitative estimate of drug-likeness (QED) is 0.248. The summed E-state index contributed by atoms with van der Waals surface area (Å²) in [5.74, 6) is 1.96. The third-order valence-corrected chi connectivity index (χ3v) is 5.24. The number of amides is 1. The van der Waals surface area contributed by atoms with Crippen molar-refractivity contribution in [3.63, 3.8) is 0 Å². The second-order valence-corrected chi connectivity index (χ2v) is 8.81. The van der Waals surface area contributed by atoms with Gasteiger partial charge in [-0.25, -0.2) is 0 Å². The number of aromatic nitrogens is 1. The second kappa shape index (κ2) is 14.9. The van der Waals surface area contributed by atoms with E-state index >= 15 is 0 Å². The van der Waals surface area contributed by atoms with E-state index in [4.69, 9.17) is 16.3 Å². The minimum absolute atomic E-state index is 0.299. The fraction of sp³-hybridized carbons (Fsp3) is 0.321. The SMILES string of the molecule is CCCl.CN(C)CCOc1ccc2[nH]ccc2c1.CN(C=O)CCc1ccc(O)c2ccccc12. The van der Waals surface area contributed by atoms with E-state index in [1.54, 1.807) is 18.0 Å². The van der Waals surface area contributed by atoms with Crippen LogP contribution in [0.3, 0.4) is 0 Å². The minimum Gasteiger partial charge on any atom is -0.507 e. The van der Waals surface area contributed by atoms with Crippen molar-refractivity contribution in [3.8, 4) is 11.5 Å². The minimum atomic E-state index is 0.299. The lowest BCUT2D eigenvalue weighted by molar-refractivity contribution is -0.116. The van der Waals surface area contributed by atoms with Gasteiger partial charge in [-0.1, -0.05) is 37.3 Å². The average Bonchev–Trinajstić information content (AvgIpc) is 3.32. The molecule has 0 fully saturated rings. The Morgan fingerprint density at radius 2 is 1.71 bits per heavy atom. The number of carbonyl (C=O) groups excluding carboxylic acids is 1. The van der Waals surface area contributed by atoms with Crippen LogP contribution < -0.4 is 4.74 Å². The monoisotopic (exact) mass is 497 g/mol. The number of likely N-dealkylation sites (N-methyl/N-ethyl adjacent to an activating group) is 2. The van der Waals surface area contributed by atoms with Crippen molar-refractivity contribution in [1.29, 1.82) is 0 Å². The molecule has 4 aromatic rings. The highest BCUT2D eigenvalue weighted by atomic mass is 35.5. The maximum atomic E-state index is 10.5. The van der Waals surface area contributed by atoms with Crippen LogP contribution in [0.4, 0.5) is 0 Å². The highest BCUT2D eigenvalue weighted by molar-refractivity contribution is 6.17. The number of phenolic OH excluding ortho intramolecular Hbond substituents is 1. The van der Waals surface area contributed by atoms with Crippen molar-refractivity contribution in [2.45, 2.75) is 13.3 Å². The molecule has 0 bridgehead atoms. The van der Waals surface area contributed by atoms with Gasteiger partial charge in [0.05, 0.1) is 0 Å². The van der Waals surface area contributed by atoms with Gasteiger partial charge in [0.2, 0.25) is 6.41 Å². The van der Waals surface area contributed by atoms with Gasteiger partial charge in [0.1, 0.15) is 18.1 Å². The number of alkyl halides is 1. The van der Waals surface area contributed by atoms with Crippen LogP contribution >= 0.6 is 11.6 Å². The molecule has 0 aliphatic heterocycles. The third-order valence-electron chi connectivity index (χ3n) is 5.24. The van der Waals surface area contributed by atoms with Crippen molar-refractivity contribution in [3.05, 3.63) is 72.4 Å². The zero-order valence-corrected chi connectivity index (χ0v) is 21.8. The number of carbonyl (C=O) groups is 1. The van der Waals surface area contributed by atoms with Crippen molar-refractivity contribution >= 4 is 39.7 Å². The van der Waals surface area contributed by atoms with Crippen molar-refractivity contribution in [1.82, 2.24) is 14.8 Å². The van der Waals surface area contributed by atoms with E-state index < -0.39 is 0 Å². The first-order valence-electron chi connectivity index (χ1n) is 11.6. The fourth-order valence-electron chi connectivity index (χ4n) is 3.38. The number of hydrogen-bond donors (Lipinski definition) is 2. The molecule has 1 heterocycles. The third kappa shape index (κ3) is 9.15. The van der Waals surface area contributed by atoms with Crippen molar-refractivity contribution in [2.24, 2.45) is 0 Å². The van der Waals surface area contributed by atoms with Crippen LogP contribution in [0.5, 0.6) is 11.5 Å². The molecule has 3 aromatic carbocycles. The Kier molecular flexibility index (Phi) is 11.9. The lowest BCUT2D eigenvalue weighted by atomic mass is 10.0. The number of ether oxygens (including phenoxy) is 1. The Hall–Kier alpha value is -3.22. The maximum absolute atomic E-state index is 10.5. The number of halogens is 1. The molecular formula is C28H36ClN3O3.